The minimum atomic E-state index is 0.102. The molecule has 1 aliphatic heterocycles. The fraction of sp³-hybridized carbons (Fsp3) is 0.444. The SMILES string of the molecule is O=C(CCc1cccs1)NC[C@H](c1cccnc1)N1CCOCC1. The van der Waals surface area contributed by atoms with Gasteiger partial charge in [-0.2, -0.15) is 0 Å². The maximum atomic E-state index is 12.2. The summed E-state index contributed by atoms with van der Waals surface area (Å²) in [5.74, 6) is 0.102. The number of pyridine rings is 1. The van der Waals surface area contributed by atoms with Crippen LogP contribution in [0, 0.1) is 0 Å². The van der Waals surface area contributed by atoms with E-state index in [0.717, 1.165) is 38.3 Å². The van der Waals surface area contributed by atoms with Crippen molar-refractivity contribution in [2.24, 2.45) is 0 Å². The normalized spacial score (nSPS) is 16.7. The highest BCUT2D eigenvalue weighted by atomic mass is 32.1. The molecule has 24 heavy (non-hydrogen) atoms. The molecule has 0 bridgehead atoms. The van der Waals surface area contributed by atoms with E-state index in [4.69, 9.17) is 4.74 Å². The Morgan fingerprint density at radius 1 is 1.33 bits per heavy atom. The van der Waals surface area contributed by atoms with E-state index in [2.05, 4.69) is 27.3 Å². The molecule has 2 aromatic rings. The summed E-state index contributed by atoms with van der Waals surface area (Å²) < 4.78 is 5.45. The summed E-state index contributed by atoms with van der Waals surface area (Å²) in [6.07, 6.45) is 5.00. The van der Waals surface area contributed by atoms with E-state index in [-0.39, 0.29) is 11.9 Å². The van der Waals surface area contributed by atoms with Crippen molar-refractivity contribution in [2.45, 2.75) is 18.9 Å². The molecule has 1 N–H and O–H groups in total. The van der Waals surface area contributed by atoms with Crippen molar-refractivity contribution in [2.75, 3.05) is 32.8 Å². The predicted octanol–water partition coefficient (Wildman–Crippen LogP) is 2.27. The highest BCUT2D eigenvalue weighted by Gasteiger charge is 2.23. The zero-order chi connectivity index (χ0) is 16.6. The monoisotopic (exact) mass is 345 g/mol. The molecule has 2 aromatic heterocycles. The van der Waals surface area contributed by atoms with Crippen LogP contribution < -0.4 is 5.32 Å². The Balaban J connectivity index is 1.56. The molecular formula is C18H23N3O2S. The summed E-state index contributed by atoms with van der Waals surface area (Å²) in [4.78, 5) is 20.0. The van der Waals surface area contributed by atoms with Crippen molar-refractivity contribution in [3.05, 3.63) is 52.5 Å². The molecule has 0 aromatic carbocycles. The van der Waals surface area contributed by atoms with E-state index in [1.807, 2.05) is 23.7 Å². The maximum Gasteiger partial charge on any atom is 0.220 e. The number of carbonyl (C=O) groups is 1. The molecule has 0 spiro atoms. The third kappa shape index (κ3) is 4.87. The molecular weight excluding hydrogens is 322 g/mol. The van der Waals surface area contributed by atoms with Crippen LogP contribution in [0.5, 0.6) is 0 Å². The molecule has 5 nitrogen and oxygen atoms in total. The molecule has 0 saturated carbocycles. The largest absolute Gasteiger partial charge is 0.379 e. The topological polar surface area (TPSA) is 54.5 Å². The summed E-state index contributed by atoms with van der Waals surface area (Å²) in [7, 11) is 0. The lowest BCUT2D eigenvalue weighted by Gasteiger charge is -2.34. The molecule has 128 valence electrons. The van der Waals surface area contributed by atoms with Crippen LogP contribution in [0.3, 0.4) is 0 Å². The van der Waals surface area contributed by atoms with Gasteiger partial charge in [-0.1, -0.05) is 12.1 Å². The van der Waals surface area contributed by atoms with Gasteiger partial charge in [-0.05, 0) is 29.5 Å². The molecule has 6 heteroatoms. The van der Waals surface area contributed by atoms with Crippen LogP contribution in [-0.2, 0) is 16.0 Å². The van der Waals surface area contributed by atoms with Gasteiger partial charge in [0.2, 0.25) is 5.91 Å². The van der Waals surface area contributed by atoms with Gasteiger partial charge >= 0.3 is 0 Å². The number of rotatable bonds is 7. The van der Waals surface area contributed by atoms with Gasteiger partial charge < -0.3 is 10.1 Å². The number of hydrogen-bond acceptors (Lipinski definition) is 5. The molecule has 1 aliphatic rings. The molecule has 3 heterocycles. The first-order chi connectivity index (χ1) is 11.8. The summed E-state index contributed by atoms with van der Waals surface area (Å²) in [6.45, 7) is 3.84. The Hall–Kier alpha value is -1.76. The minimum Gasteiger partial charge on any atom is -0.379 e. The van der Waals surface area contributed by atoms with Crippen molar-refractivity contribution in [3.63, 3.8) is 0 Å². The standard InChI is InChI=1S/C18H23N3O2S/c22-18(6-5-16-4-2-12-24-16)20-14-17(15-3-1-7-19-13-15)21-8-10-23-11-9-21/h1-4,7,12-13,17H,5-6,8-11,14H2,(H,20,22)/t17-/m1/s1. The zero-order valence-electron chi connectivity index (χ0n) is 13.7. The van der Waals surface area contributed by atoms with Crippen LogP contribution in [0.25, 0.3) is 0 Å². The van der Waals surface area contributed by atoms with Crippen LogP contribution in [0.1, 0.15) is 22.9 Å². The molecule has 1 amide bonds. The quantitative estimate of drug-likeness (QED) is 0.836. The molecule has 0 unspecified atom stereocenters. The molecule has 1 saturated heterocycles. The minimum absolute atomic E-state index is 0.102. The van der Waals surface area contributed by atoms with Crippen molar-refractivity contribution in [1.82, 2.24) is 15.2 Å². The Labute approximate surface area is 146 Å². The van der Waals surface area contributed by atoms with Gasteiger partial charge in [-0.15, -0.1) is 11.3 Å². The Morgan fingerprint density at radius 2 is 2.21 bits per heavy atom. The molecule has 3 rings (SSSR count). The first kappa shape index (κ1) is 17.1. The van der Waals surface area contributed by atoms with Crippen LogP contribution >= 0.6 is 11.3 Å². The van der Waals surface area contributed by atoms with E-state index in [0.29, 0.717) is 13.0 Å². The van der Waals surface area contributed by atoms with E-state index < -0.39 is 0 Å². The first-order valence-electron chi connectivity index (χ1n) is 8.34. The fourth-order valence-corrected chi connectivity index (χ4v) is 3.62. The van der Waals surface area contributed by atoms with Crippen molar-refractivity contribution in [3.8, 4) is 0 Å². The smallest absolute Gasteiger partial charge is 0.220 e. The van der Waals surface area contributed by atoms with E-state index in [1.54, 1.807) is 17.5 Å². The summed E-state index contributed by atoms with van der Waals surface area (Å²) in [5.41, 5.74) is 1.14. The lowest BCUT2D eigenvalue weighted by molar-refractivity contribution is -0.121. The highest BCUT2D eigenvalue weighted by molar-refractivity contribution is 7.09. The number of thiophene rings is 1. The molecule has 1 fully saturated rings. The lowest BCUT2D eigenvalue weighted by Crippen LogP contribution is -2.43. The summed E-state index contributed by atoms with van der Waals surface area (Å²) in [5, 5.41) is 5.14. The number of amides is 1. The second kappa shape index (κ2) is 8.92. The Kier molecular flexibility index (Phi) is 6.34. The Bertz CT molecular complexity index is 612. The number of hydrogen-bond donors (Lipinski definition) is 1. The van der Waals surface area contributed by atoms with Gasteiger partial charge in [0.15, 0.2) is 0 Å². The van der Waals surface area contributed by atoms with Gasteiger partial charge in [0.1, 0.15) is 0 Å². The van der Waals surface area contributed by atoms with Crippen molar-refractivity contribution < 1.29 is 9.53 Å². The number of morpholine rings is 1. The van der Waals surface area contributed by atoms with Gasteiger partial charge in [0.25, 0.3) is 0 Å². The average Bonchev–Trinajstić information content (AvgIpc) is 3.16. The fourth-order valence-electron chi connectivity index (χ4n) is 2.91. The van der Waals surface area contributed by atoms with Gasteiger partial charge in [0, 0.05) is 43.3 Å². The third-order valence-electron chi connectivity index (χ3n) is 4.23. The maximum absolute atomic E-state index is 12.2. The van der Waals surface area contributed by atoms with Crippen molar-refractivity contribution in [1.29, 1.82) is 0 Å². The second-order valence-electron chi connectivity index (χ2n) is 5.83. The number of nitrogens with one attached hydrogen (secondary N) is 1. The van der Waals surface area contributed by atoms with E-state index in [1.165, 1.54) is 4.88 Å². The average molecular weight is 345 g/mol. The zero-order valence-corrected chi connectivity index (χ0v) is 14.5. The van der Waals surface area contributed by atoms with Crippen LogP contribution in [0.15, 0.2) is 42.0 Å². The van der Waals surface area contributed by atoms with Crippen LogP contribution in [-0.4, -0.2) is 48.6 Å². The van der Waals surface area contributed by atoms with Crippen molar-refractivity contribution >= 4 is 17.2 Å². The van der Waals surface area contributed by atoms with Crippen LogP contribution in [0.2, 0.25) is 0 Å². The molecule has 0 radical (unpaired) electrons. The number of carbonyl (C=O) groups excluding carboxylic acids is 1. The van der Waals surface area contributed by atoms with Gasteiger partial charge in [0.05, 0.1) is 19.3 Å². The summed E-state index contributed by atoms with van der Waals surface area (Å²) in [6, 6.07) is 8.26. The third-order valence-corrected chi connectivity index (χ3v) is 5.16. The lowest BCUT2D eigenvalue weighted by atomic mass is 10.1. The van der Waals surface area contributed by atoms with E-state index >= 15 is 0 Å². The first-order valence-corrected chi connectivity index (χ1v) is 9.21. The van der Waals surface area contributed by atoms with Gasteiger partial charge in [-0.3, -0.25) is 14.7 Å². The molecule has 0 aliphatic carbocycles. The number of aromatic nitrogens is 1. The summed E-state index contributed by atoms with van der Waals surface area (Å²) >= 11 is 1.70. The second-order valence-corrected chi connectivity index (χ2v) is 6.87. The Morgan fingerprint density at radius 3 is 2.92 bits per heavy atom. The number of nitrogens with zero attached hydrogens (tertiary/aromatic N) is 2. The molecule has 1 atom stereocenters. The predicted molar refractivity (Wildman–Crippen MR) is 95.0 cm³/mol. The van der Waals surface area contributed by atoms with Gasteiger partial charge in [-0.25, -0.2) is 0 Å². The highest BCUT2D eigenvalue weighted by Crippen LogP contribution is 2.20. The van der Waals surface area contributed by atoms with Crippen LogP contribution in [0.4, 0.5) is 0 Å². The number of aryl methyl sites for hydroxylation is 1. The number of ether oxygens (including phenoxy) is 1. The van der Waals surface area contributed by atoms with E-state index in [9.17, 15) is 4.79 Å².